The summed E-state index contributed by atoms with van der Waals surface area (Å²) in [6.45, 7) is 0.866. The van der Waals surface area contributed by atoms with Gasteiger partial charge in [0.05, 0.1) is 0 Å². The second kappa shape index (κ2) is 4.55. The number of nitrogens with zero attached hydrogens (tertiary/aromatic N) is 3. The molecule has 4 aliphatic rings. The van der Waals surface area contributed by atoms with Crippen molar-refractivity contribution in [3.05, 3.63) is 12.2 Å². The average Bonchev–Trinajstić information content (AvgIpc) is 2.89. The highest BCUT2D eigenvalue weighted by Crippen LogP contribution is 2.56. The van der Waals surface area contributed by atoms with E-state index in [0.29, 0.717) is 11.7 Å². The van der Waals surface area contributed by atoms with Gasteiger partial charge in [0.25, 0.3) is 0 Å². The third-order valence-electron chi connectivity index (χ3n) is 5.78. The quantitative estimate of drug-likeness (QED) is 0.488. The molecule has 3 N–H and O–H groups in total. The number of hydrogen-bond donors (Lipinski definition) is 2. The Morgan fingerprint density at radius 1 is 1.25 bits per heavy atom. The molecule has 4 fully saturated rings. The summed E-state index contributed by atoms with van der Waals surface area (Å²) >= 11 is 0. The molecule has 4 saturated carbocycles. The van der Waals surface area contributed by atoms with Crippen LogP contribution >= 0.6 is 0 Å². The van der Waals surface area contributed by atoms with E-state index in [1.807, 2.05) is 4.57 Å². The maximum absolute atomic E-state index is 11.7. The molecule has 0 atom stereocenters. The van der Waals surface area contributed by atoms with E-state index < -0.39 is 0 Å². The highest BCUT2D eigenvalue weighted by Gasteiger charge is 2.48. The lowest BCUT2D eigenvalue weighted by Gasteiger charge is -2.54. The minimum absolute atomic E-state index is 0.335. The van der Waals surface area contributed by atoms with E-state index in [4.69, 9.17) is 5.84 Å². The van der Waals surface area contributed by atoms with E-state index in [-0.39, 0.29) is 5.91 Å². The molecule has 1 heterocycles. The first kappa shape index (κ1) is 12.3. The van der Waals surface area contributed by atoms with Gasteiger partial charge in [-0.05, 0) is 61.7 Å². The number of amides is 1. The molecule has 0 radical (unpaired) electrons. The Balaban J connectivity index is 1.55. The standard InChI is InChI=1S/C14H21N5O/c15-17-14(20)13-18-16-7-19(13)6-12-10-2-8-1-9(4-10)5-11(12)3-8/h7-12H,1-6,15H2,(H,17,20). The van der Waals surface area contributed by atoms with Gasteiger partial charge in [0.15, 0.2) is 0 Å². The zero-order valence-electron chi connectivity index (χ0n) is 11.5. The van der Waals surface area contributed by atoms with Crippen molar-refractivity contribution < 1.29 is 4.79 Å². The predicted octanol–water partition coefficient (Wildman–Crippen LogP) is 0.954. The molecule has 6 heteroatoms. The summed E-state index contributed by atoms with van der Waals surface area (Å²) in [5.74, 6) is 9.48. The molecule has 1 amide bonds. The Kier molecular flexibility index (Phi) is 2.80. The van der Waals surface area contributed by atoms with Crippen molar-refractivity contribution in [1.82, 2.24) is 20.2 Å². The second-order valence-electron chi connectivity index (χ2n) is 6.87. The highest BCUT2D eigenvalue weighted by atomic mass is 16.2. The summed E-state index contributed by atoms with van der Waals surface area (Å²) in [5.41, 5.74) is 2.15. The maximum atomic E-state index is 11.7. The highest BCUT2D eigenvalue weighted by molar-refractivity contribution is 5.89. The van der Waals surface area contributed by atoms with Gasteiger partial charge < -0.3 is 4.57 Å². The lowest BCUT2D eigenvalue weighted by Crippen LogP contribution is -2.46. The SMILES string of the molecule is NNC(=O)c1nncn1CC1C2CC3CC(C2)CC1C3. The van der Waals surface area contributed by atoms with Crippen molar-refractivity contribution in [3.8, 4) is 0 Å². The van der Waals surface area contributed by atoms with E-state index in [9.17, 15) is 4.79 Å². The smallest absolute Gasteiger partial charge is 0.303 e. The van der Waals surface area contributed by atoms with E-state index in [0.717, 1.165) is 30.2 Å². The number of hydrazine groups is 1. The first-order chi connectivity index (χ1) is 9.74. The molecule has 0 saturated heterocycles. The molecule has 6 nitrogen and oxygen atoms in total. The fourth-order valence-electron chi connectivity index (χ4n) is 5.19. The van der Waals surface area contributed by atoms with E-state index in [2.05, 4.69) is 15.6 Å². The molecule has 0 aromatic carbocycles. The molecule has 0 spiro atoms. The Bertz CT molecular complexity index is 497. The zero-order chi connectivity index (χ0) is 13.7. The second-order valence-corrected chi connectivity index (χ2v) is 6.87. The topological polar surface area (TPSA) is 85.8 Å². The number of carbonyl (C=O) groups excluding carboxylic acids is 1. The monoisotopic (exact) mass is 275 g/mol. The van der Waals surface area contributed by atoms with Gasteiger partial charge in [-0.15, -0.1) is 10.2 Å². The molecule has 0 aliphatic heterocycles. The molecule has 4 aliphatic carbocycles. The molecule has 1 aromatic rings. The third kappa shape index (κ3) is 1.85. The summed E-state index contributed by atoms with van der Waals surface area (Å²) in [6, 6.07) is 0. The predicted molar refractivity (Wildman–Crippen MR) is 72.2 cm³/mol. The van der Waals surface area contributed by atoms with E-state index >= 15 is 0 Å². The Labute approximate surface area is 118 Å². The van der Waals surface area contributed by atoms with Gasteiger partial charge in [-0.1, -0.05) is 0 Å². The van der Waals surface area contributed by atoms with Crippen LogP contribution < -0.4 is 11.3 Å². The van der Waals surface area contributed by atoms with Crippen LogP contribution in [0.3, 0.4) is 0 Å². The van der Waals surface area contributed by atoms with Crippen molar-refractivity contribution in [2.24, 2.45) is 35.4 Å². The van der Waals surface area contributed by atoms with Gasteiger partial charge in [-0.3, -0.25) is 10.2 Å². The van der Waals surface area contributed by atoms with Gasteiger partial charge in [0, 0.05) is 6.54 Å². The van der Waals surface area contributed by atoms with Crippen LogP contribution in [-0.2, 0) is 6.54 Å². The number of nitrogen functional groups attached to an aromatic ring is 1. The van der Waals surface area contributed by atoms with Gasteiger partial charge in [-0.25, -0.2) is 5.84 Å². The normalized spacial score (nSPS) is 38.1. The van der Waals surface area contributed by atoms with Gasteiger partial charge in [0.2, 0.25) is 5.82 Å². The molecule has 5 rings (SSSR count). The van der Waals surface area contributed by atoms with Crippen LogP contribution in [0.1, 0.15) is 42.7 Å². The Morgan fingerprint density at radius 3 is 2.50 bits per heavy atom. The van der Waals surface area contributed by atoms with Crippen LogP contribution in [0, 0.1) is 29.6 Å². The van der Waals surface area contributed by atoms with Crippen LogP contribution in [0.25, 0.3) is 0 Å². The van der Waals surface area contributed by atoms with E-state index in [1.165, 1.54) is 32.1 Å². The van der Waals surface area contributed by atoms with Gasteiger partial charge in [-0.2, -0.15) is 0 Å². The van der Waals surface area contributed by atoms with Crippen LogP contribution in [0.5, 0.6) is 0 Å². The van der Waals surface area contributed by atoms with Crippen molar-refractivity contribution in [3.63, 3.8) is 0 Å². The van der Waals surface area contributed by atoms with Crippen LogP contribution in [-0.4, -0.2) is 20.7 Å². The number of aromatic nitrogens is 3. The minimum atomic E-state index is -0.355. The fraction of sp³-hybridized carbons (Fsp3) is 0.786. The van der Waals surface area contributed by atoms with Crippen molar-refractivity contribution >= 4 is 5.91 Å². The molecular weight excluding hydrogens is 254 g/mol. The van der Waals surface area contributed by atoms with Crippen LogP contribution in [0.2, 0.25) is 0 Å². The molecule has 20 heavy (non-hydrogen) atoms. The number of nitrogens with one attached hydrogen (secondary N) is 1. The molecular formula is C14H21N5O. The summed E-state index contributed by atoms with van der Waals surface area (Å²) in [4.78, 5) is 11.7. The van der Waals surface area contributed by atoms with E-state index in [1.54, 1.807) is 6.33 Å². The Morgan fingerprint density at radius 2 is 1.90 bits per heavy atom. The molecule has 1 aromatic heterocycles. The summed E-state index contributed by atoms with van der Waals surface area (Å²) in [7, 11) is 0. The van der Waals surface area contributed by atoms with Gasteiger partial charge >= 0.3 is 5.91 Å². The van der Waals surface area contributed by atoms with Gasteiger partial charge in [0.1, 0.15) is 6.33 Å². The number of hydrogen-bond acceptors (Lipinski definition) is 4. The number of carbonyl (C=O) groups is 1. The summed E-state index contributed by atoms with van der Waals surface area (Å²) < 4.78 is 1.88. The lowest BCUT2D eigenvalue weighted by molar-refractivity contribution is -0.0432. The van der Waals surface area contributed by atoms with Crippen LogP contribution in [0.4, 0.5) is 0 Å². The first-order valence-electron chi connectivity index (χ1n) is 7.63. The van der Waals surface area contributed by atoms with Crippen molar-refractivity contribution in [2.45, 2.75) is 38.6 Å². The van der Waals surface area contributed by atoms with Crippen LogP contribution in [0.15, 0.2) is 6.33 Å². The minimum Gasteiger partial charge on any atom is -0.309 e. The summed E-state index contributed by atoms with van der Waals surface area (Å²) in [5, 5.41) is 7.76. The number of nitrogens with two attached hydrogens (primary N) is 1. The Hall–Kier alpha value is -1.43. The zero-order valence-corrected chi connectivity index (χ0v) is 11.5. The average molecular weight is 275 g/mol. The largest absolute Gasteiger partial charge is 0.309 e. The van der Waals surface area contributed by atoms with Crippen molar-refractivity contribution in [1.29, 1.82) is 0 Å². The lowest BCUT2D eigenvalue weighted by atomic mass is 9.52. The maximum Gasteiger partial charge on any atom is 0.303 e. The fourth-order valence-corrected chi connectivity index (χ4v) is 5.19. The van der Waals surface area contributed by atoms with Crippen molar-refractivity contribution in [2.75, 3.05) is 0 Å². The molecule has 4 bridgehead atoms. The summed E-state index contributed by atoms with van der Waals surface area (Å²) in [6.07, 6.45) is 8.68. The molecule has 108 valence electrons. The first-order valence-corrected chi connectivity index (χ1v) is 7.63. The third-order valence-corrected chi connectivity index (χ3v) is 5.78. The number of rotatable bonds is 3. The molecule has 0 unspecified atom stereocenters.